The summed E-state index contributed by atoms with van der Waals surface area (Å²) in [5.41, 5.74) is 2.23. The Morgan fingerprint density at radius 1 is 1.07 bits per heavy atom. The number of benzene rings is 1. The van der Waals surface area contributed by atoms with E-state index in [2.05, 4.69) is 10.3 Å². The standard InChI is InChI=1S/C22H25N5O3/c28-21(26-12-14-30-15-13-26)16-27-19-8-2-1-6-17(19)25-20(27)9-5-11-24-22(29)18-7-3-4-10-23-18/h1-4,6-8,10H,5,9,11-16H2,(H,24,29). The number of carbonyl (C=O) groups excluding carboxylic acids is 2. The number of pyridine rings is 1. The largest absolute Gasteiger partial charge is 0.378 e. The van der Waals surface area contributed by atoms with Crippen molar-refractivity contribution in [3.05, 3.63) is 60.2 Å². The number of amides is 2. The summed E-state index contributed by atoms with van der Waals surface area (Å²) in [6, 6.07) is 13.1. The number of morpholine rings is 1. The average molecular weight is 407 g/mol. The zero-order valence-electron chi connectivity index (χ0n) is 16.8. The van der Waals surface area contributed by atoms with E-state index >= 15 is 0 Å². The molecule has 4 rings (SSSR count). The fourth-order valence-corrected chi connectivity index (χ4v) is 3.58. The molecule has 3 heterocycles. The maximum absolute atomic E-state index is 12.8. The number of aryl methyl sites for hydroxylation is 1. The van der Waals surface area contributed by atoms with Gasteiger partial charge in [0.05, 0.1) is 24.2 Å². The lowest BCUT2D eigenvalue weighted by atomic mass is 10.2. The highest BCUT2D eigenvalue weighted by Gasteiger charge is 2.20. The molecule has 2 aromatic heterocycles. The summed E-state index contributed by atoms with van der Waals surface area (Å²) in [6.45, 7) is 3.19. The summed E-state index contributed by atoms with van der Waals surface area (Å²) < 4.78 is 7.34. The molecule has 1 aliphatic rings. The van der Waals surface area contributed by atoms with Crippen LogP contribution in [0.25, 0.3) is 11.0 Å². The van der Waals surface area contributed by atoms with Gasteiger partial charge in [-0.2, -0.15) is 0 Å². The smallest absolute Gasteiger partial charge is 0.269 e. The maximum atomic E-state index is 12.8. The molecular formula is C22H25N5O3. The Balaban J connectivity index is 1.41. The van der Waals surface area contributed by atoms with Crippen molar-refractivity contribution in [3.8, 4) is 0 Å². The van der Waals surface area contributed by atoms with Crippen LogP contribution in [0.1, 0.15) is 22.7 Å². The molecule has 1 aromatic carbocycles. The van der Waals surface area contributed by atoms with Crippen LogP contribution in [0.3, 0.4) is 0 Å². The van der Waals surface area contributed by atoms with Crippen molar-refractivity contribution >= 4 is 22.8 Å². The molecule has 0 unspecified atom stereocenters. The van der Waals surface area contributed by atoms with Gasteiger partial charge in [0.25, 0.3) is 5.91 Å². The highest BCUT2D eigenvalue weighted by molar-refractivity contribution is 5.92. The third kappa shape index (κ3) is 4.65. The zero-order valence-corrected chi connectivity index (χ0v) is 16.8. The molecule has 1 N–H and O–H groups in total. The molecule has 8 heteroatoms. The summed E-state index contributed by atoms with van der Waals surface area (Å²) in [6.07, 6.45) is 2.98. The second-order valence-corrected chi connectivity index (χ2v) is 7.17. The van der Waals surface area contributed by atoms with E-state index in [4.69, 9.17) is 9.72 Å². The molecule has 30 heavy (non-hydrogen) atoms. The summed E-state index contributed by atoms with van der Waals surface area (Å²) in [5.74, 6) is 0.739. The van der Waals surface area contributed by atoms with Crippen LogP contribution in [0.4, 0.5) is 0 Å². The minimum atomic E-state index is -0.188. The van der Waals surface area contributed by atoms with Gasteiger partial charge in [0, 0.05) is 32.3 Å². The molecule has 1 aliphatic heterocycles. The third-order valence-electron chi connectivity index (χ3n) is 5.15. The third-order valence-corrected chi connectivity index (χ3v) is 5.15. The Bertz CT molecular complexity index is 1010. The van der Waals surface area contributed by atoms with E-state index in [0.29, 0.717) is 51.4 Å². The first-order valence-corrected chi connectivity index (χ1v) is 10.2. The first kappa shape index (κ1) is 20.0. The Morgan fingerprint density at radius 2 is 1.87 bits per heavy atom. The van der Waals surface area contributed by atoms with Gasteiger partial charge in [0.15, 0.2) is 0 Å². The number of fused-ring (bicyclic) bond motifs is 1. The van der Waals surface area contributed by atoms with E-state index in [1.807, 2.05) is 33.7 Å². The highest BCUT2D eigenvalue weighted by Crippen LogP contribution is 2.18. The highest BCUT2D eigenvalue weighted by atomic mass is 16.5. The number of nitrogens with one attached hydrogen (secondary N) is 1. The first-order valence-electron chi connectivity index (χ1n) is 10.2. The quantitative estimate of drug-likeness (QED) is 0.602. The summed E-state index contributed by atoms with van der Waals surface area (Å²) in [5, 5.41) is 2.89. The van der Waals surface area contributed by atoms with Crippen molar-refractivity contribution in [2.24, 2.45) is 0 Å². The van der Waals surface area contributed by atoms with Crippen molar-refractivity contribution in [1.82, 2.24) is 24.8 Å². The predicted molar refractivity (Wildman–Crippen MR) is 112 cm³/mol. The fourth-order valence-electron chi connectivity index (χ4n) is 3.58. The van der Waals surface area contributed by atoms with Crippen LogP contribution in [0.2, 0.25) is 0 Å². The molecule has 1 saturated heterocycles. The lowest BCUT2D eigenvalue weighted by Gasteiger charge is -2.27. The first-order chi connectivity index (χ1) is 14.7. The summed E-state index contributed by atoms with van der Waals surface area (Å²) >= 11 is 0. The molecule has 156 valence electrons. The topological polar surface area (TPSA) is 89.4 Å². The van der Waals surface area contributed by atoms with Gasteiger partial charge < -0.3 is 19.5 Å². The molecule has 8 nitrogen and oxygen atoms in total. The minimum Gasteiger partial charge on any atom is -0.378 e. The number of nitrogens with zero attached hydrogens (tertiary/aromatic N) is 4. The van der Waals surface area contributed by atoms with Crippen LogP contribution < -0.4 is 5.32 Å². The van der Waals surface area contributed by atoms with Crippen LogP contribution >= 0.6 is 0 Å². The van der Waals surface area contributed by atoms with Crippen molar-refractivity contribution in [1.29, 1.82) is 0 Å². The molecule has 1 fully saturated rings. The Hall–Kier alpha value is -3.26. The van der Waals surface area contributed by atoms with Gasteiger partial charge in [0.2, 0.25) is 5.91 Å². The molecule has 0 bridgehead atoms. The van der Waals surface area contributed by atoms with Gasteiger partial charge in [-0.25, -0.2) is 4.98 Å². The van der Waals surface area contributed by atoms with Crippen molar-refractivity contribution < 1.29 is 14.3 Å². The second kappa shape index (κ2) is 9.49. The Kier molecular flexibility index (Phi) is 6.34. The van der Waals surface area contributed by atoms with E-state index in [-0.39, 0.29) is 18.4 Å². The molecule has 0 aliphatic carbocycles. The molecule has 0 radical (unpaired) electrons. The van der Waals surface area contributed by atoms with Gasteiger partial charge in [0.1, 0.15) is 18.1 Å². The van der Waals surface area contributed by atoms with E-state index < -0.39 is 0 Å². The predicted octanol–water partition coefficient (Wildman–Crippen LogP) is 1.65. The number of hydrogen-bond acceptors (Lipinski definition) is 5. The van der Waals surface area contributed by atoms with E-state index in [0.717, 1.165) is 16.9 Å². The Morgan fingerprint density at radius 3 is 2.67 bits per heavy atom. The number of para-hydroxylation sites is 2. The summed E-state index contributed by atoms with van der Waals surface area (Å²) in [7, 11) is 0. The molecule has 3 aromatic rings. The van der Waals surface area contributed by atoms with E-state index in [1.54, 1.807) is 24.4 Å². The fraction of sp³-hybridized carbons (Fsp3) is 0.364. The normalized spacial score (nSPS) is 14.1. The van der Waals surface area contributed by atoms with E-state index in [1.165, 1.54) is 0 Å². The van der Waals surface area contributed by atoms with Crippen molar-refractivity contribution in [3.63, 3.8) is 0 Å². The van der Waals surface area contributed by atoms with Gasteiger partial charge in [-0.15, -0.1) is 0 Å². The van der Waals surface area contributed by atoms with Crippen LogP contribution in [-0.4, -0.2) is 64.1 Å². The van der Waals surface area contributed by atoms with E-state index in [9.17, 15) is 9.59 Å². The number of ether oxygens (including phenoxy) is 1. The number of aromatic nitrogens is 3. The molecule has 0 atom stereocenters. The van der Waals surface area contributed by atoms with Crippen LogP contribution in [-0.2, 0) is 22.5 Å². The van der Waals surface area contributed by atoms with Gasteiger partial charge in [-0.1, -0.05) is 18.2 Å². The number of hydrogen-bond donors (Lipinski definition) is 1. The molecule has 0 spiro atoms. The van der Waals surface area contributed by atoms with Gasteiger partial charge in [-0.05, 0) is 30.7 Å². The van der Waals surface area contributed by atoms with Crippen molar-refractivity contribution in [2.75, 3.05) is 32.8 Å². The zero-order chi connectivity index (χ0) is 20.8. The van der Waals surface area contributed by atoms with Gasteiger partial charge >= 0.3 is 0 Å². The second-order valence-electron chi connectivity index (χ2n) is 7.17. The van der Waals surface area contributed by atoms with Crippen molar-refractivity contribution in [2.45, 2.75) is 19.4 Å². The maximum Gasteiger partial charge on any atom is 0.269 e. The molecule has 0 saturated carbocycles. The Labute approximate surface area is 174 Å². The number of carbonyl (C=O) groups is 2. The van der Waals surface area contributed by atoms with Gasteiger partial charge in [-0.3, -0.25) is 14.6 Å². The number of imidazole rings is 1. The monoisotopic (exact) mass is 407 g/mol. The SMILES string of the molecule is O=C(NCCCc1nc2ccccc2n1CC(=O)N1CCOCC1)c1ccccn1. The minimum absolute atomic E-state index is 0.0751. The molecule has 2 amide bonds. The molecular weight excluding hydrogens is 382 g/mol. The average Bonchev–Trinajstić information content (AvgIpc) is 3.15. The van der Waals surface area contributed by atoms with Crippen LogP contribution in [0.15, 0.2) is 48.7 Å². The number of rotatable bonds is 7. The van der Waals surface area contributed by atoms with Crippen LogP contribution in [0.5, 0.6) is 0 Å². The lowest BCUT2D eigenvalue weighted by Crippen LogP contribution is -2.42. The summed E-state index contributed by atoms with van der Waals surface area (Å²) in [4.78, 5) is 35.6. The lowest BCUT2D eigenvalue weighted by molar-refractivity contribution is -0.135. The van der Waals surface area contributed by atoms with Crippen LogP contribution in [0, 0.1) is 0 Å².